The predicted octanol–water partition coefficient (Wildman–Crippen LogP) is 1.03. The van der Waals surface area contributed by atoms with Gasteiger partial charge in [-0.2, -0.15) is 0 Å². The van der Waals surface area contributed by atoms with E-state index in [0.29, 0.717) is 23.7 Å². The van der Waals surface area contributed by atoms with Gasteiger partial charge in [0.2, 0.25) is 12.6 Å². The third-order valence-electron chi connectivity index (χ3n) is 2.88. The summed E-state index contributed by atoms with van der Waals surface area (Å²) in [6.07, 6.45) is 1.18. The second kappa shape index (κ2) is 5.74. The molecule has 1 aromatic carbocycles. The normalized spacial score (nSPS) is 15.5. The van der Waals surface area contributed by atoms with Crippen LogP contribution in [0.5, 0.6) is 11.5 Å². The monoisotopic (exact) mass is 292 g/mol. The Morgan fingerprint density at radius 3 is 2.76 bits per heavy atom. The van der Waals surface area contributed by atoms with E-state index in [0.717, 1.165) is 0 Å². The van der Waals surface area contributed by atoms with E-state index in [1.807, 2.05) is 0 Å². The van der Waals surface area contributed by atoms with Crippen molar-refractivity contribution in [3.05, 3.63) is 35.8 Å². The van der Waals surface area contributed by atoms with Gasteiger partial charge in [-0.05, 0) is 18.2 Å². The van der Waals surface area contributed by atoms with Crippen LogP contribution in [0.1, 0.15) is 10.4 Å². The van der Waals surface area contributed by atoms with Crippen molar-refractivity contribution < 1.29 is 33.3 Å². The maximum atomic E-state index is 12.0. The highest BCUT2D eigenvalue weighted by atomic mass is 16.7. The van der Waals surface area contributed by atoms with Crippen molar-refractivity contribution in [2.75, 3.05) is 26.6 Å². The van der Waals surface area contributed by atoms with Gasteiger partial charge in [-0.3, -0.25) is 4.79 Å². The van der Waals surface area contributed by atoms with Crippen LogP contribution in [0.15, 0.2) is 30.2 Å². The van der Waals surface area contributed by atoms with Gasteiger partial charge >= 0.3 is 5.97 Å². The molecule has 2 heterocycles. The molecule has 110 valence electrons. The van der Waals surface area contributed by atoms with Crippen molar-refractivity contribution in [1.82, 2.24) is 0 Å². The van der Waals surface area contributed by atoms with Gasteiger partial charge < -0.3 is 23.7 Å². The number of ether oxygens (including phenoxy) is 5. The fourth-order valence-corrected chi connectivity index (χ4v) is 1.83. The zero-order valence-corrected chi connectivity index (χ0v) is 11.0. The summed E-state index contributed by atoms with van der Waals surface area (Å²) >= 11 is 0. The molecule has 21 heavy (non-hydrogen) atoms. The zero-order chi connectivity index (χ0) is 14.7. The third-order valence-corrected chi connectivity index (χ3v) is 2.88. The number of carbonyl (C=O) groups excluding carboxylic acids is 2. The fourth-order valence-electron chi connectivity index (χ4n) is 1.83. The molecule has 0 unspecified atom stereocenters. The minimum atomic E-state index is -0.733. The standard InChI is InChI=1S/C14H12O7/c15-10(6-19-14(16)13-7-17-3-4-18-13)9-1-2-11-12(5-9)21-8-20-11/h1-2,5,7H,3-4,6,8H2. The molecule has 0 amide bonds. The minimum absolute atomic E-state index is 0.0419. The van der Waals surface area contributed by atoms with Crippen molar-refractivity contribution in [2.24, 2.45) is 0 Å². The van der Waals surface area contributed by atoms with Gasteiger partial charge in [-0.25, -0.2) is 4.79 Å². The van der Waals surface area contributed by atoms with Gasteiger partial charge in [0.25, 0.3) is 0 Å². The maximum absolute atomic E-state index is 12.0. The first-order valence-electron chi connectivity index (χ1n) is 6.28. The molecule has 0 spiro atoms. The quantitative estimate of drug-likeness (QED) is 0.605. The third kappa shape index (κ3) is 2.91. The minimum Gasteiger partial charge on any atom is -0.493 e. The SMILES string of the molecule is O=C(OCC(=O)c1ccc2c(c1)OCO2)C1=COCCO1. The van der Waals surface area contributed by atoms with Crippen LogP contribution in [0.3, 0.4) is 0 Å². The molecule has 3 rings (SSSR count). The Kier molecular flexibility index (Phi) is 3.63. The summed E-state index contributed by atoms with van der Waals surface area (Å²) in [6, 6.07) is 4.78. The van der Waals surface area contributed by atoms with Crippen molar-refractivity contribution >= 4 is 11.8 Å². The van der Waals surface area contributed by atoms with Crippen LogP contribution in [-0.4, -0.2) is 38.4 Å². The Hall–Kier alpha value is -2.70. The highest BCUT2D eigenvalue weighted by molar-refractivity contribution is 5.99. The molecule has 0 aliphatic carbocycles. The molecular formula is C14H12O7. The fraction of sp³-hybridized carbons (Fsp3) is 0.286. The maximum Gasteiger partial charge on any atom is 0.377 e. The summed E-state index contributed by atoms with van der Waals surface area (Å²) in [6.45, 7) is 0.399. The summed E-state index contributed by atoms with van der Waals surface area (Å²) in [5.41, 5.74) is 0.377. The number of benzene rings is 1. The summed E-state index contributed by atoms with van der Waals surface area (Å²) in [7, 11) is 0. The second-order valence-corrected chi connectivity index (χ2v) is 4.27. The van der Waals surface area contributed by atoms with E-state index in [1.165, 1.54) is 6.26 Å². The van der Waals surface area contributed by atoms with Crippen LogP contribution >= 0.6 is 0 Å². The molecule has 0 bridgehead atoms. The zero-order valence-electron chi connectivity index (χ0n) is 11.0. The Morgan fingerprint density at radius 2 is 1.95 bits per heavy atom. The van der Waals surface area contributed by atoms with Crippen LogP contribution in [0.25, 0.3) is 0 Å². The lowest BCUT2D eigenvalue weighted by Gasteiger charge is -2.14. The molecule has 2 aliphatic rings. The highest BCUT2D eigenvalue weighted by Gasteiger charge is 2.20. The molecule has 2 aliphatic heterocycles. The Balaban J connectivity index is 1.59. The number of hydrogen-bond acceptors (Lipinski definition) is 7. The smallest absolute Gasteiger partial charge is 0.377 e. The van der Waals surface area contributed by atoms with Gasteiger partial charge in [0.05, 0.1) is 0 Å². The molecule has 7 heteroatoms. The van der Waals surface area contributed by atoms with E-state index in [1.54, 1.807) is 18.2 Å². The number of hydrogen-bond donors (Lipinski definition) is 0. The highest BCUT2D eigenvalue weighted by Crippen LogP contribution is 2.32. The lowest BCUT2D eigenvalue weighted by molar-refractivity contribution is -0.143. The molecule has 1 aromatic rings. The molecule has 7 nitrogen and oxygen atoms in total. The number of Topliss-reactive ketones (excluding diaryl/α,β-unsaturated/α-hetero) is 1. The summed E-state index contributed by atoms with van der Waals surface area (Å²) < 4.78 is 25.2. The molecule has 0 saturated heterocycles. The van der Waals surface area contributed by atoms with Gasteiger partial charge in [-0.1, -0.05) is 0 Å². The summed E-state index contributed by atoms with van der Waals surface area (Å²) in [5.74, 6) is -0.0390. The van der Waals surface area contributed by atoms with Gasteiger partial charge in [-0.15, -0.1) is 0 Å². The van der Waals surface area contributed by atoms with Gasteiger partial charge in [0.1, 0.15) is 19.5 Å². The molecule has 0 radical (unpaired) electrons. The molecule has 0 aromatic heterocycles. The Labute approximate surface area is 120 Å². The lowest BCUT2D eigenvalue weighted by atomic mass is 10.1. The first-order chi connectivity index (χ1) is 10.2. The Morgan fingerprint density at radius 1 is 1.10 bits per heavy atom. The number of esters is 1. The van der Waals surface area contributed by atoms with E-state index >= 15 is 0 Å². The average Bonchev–Trinajstić information content (AvgIpc) is 3.00. The van der Waals surface area contributed by atoms with E-state index in [-0.39, 0.29) is 31.5 Å². The average molecular weight is 292 g/mol. The van der Waals surface area contributed by atoms with Crippen molar-refractivity contribution in [3.8, 4) is 11.5 Å². The second-order valence-electron chi connectivity index (χ2n) is 4.27. The van der Waals surface area contributed by atoms with Crippen LogP contribution in [0, 0.1) is 0 Å². The van der Waals surface area contributed by atoms with Gasteiger partial charge in [0.15, 0.2) is 23.9 Å². The summed E-state index contributed by atoms with van der Waals surface area (Å²) in [4.78, 5) is 23.6. The number of carbonyl (C=O) groups is 2. The molecule has 0 fully saturated rings. The summed E-state index contributed by atoms with van der Waals surface area (Å²) in [5, 5.41) is 0. The van der Waals surface area contributed by atoms with Crippen LogP contribution < -0.4 is 9.47 Å². The molecule has 0 N–H and O–H groups in total. The number of fused-ring (bicyclic) bond motifs is 1. The van der Waals surface area contributed by atoms with Gasteiger partial charge in [0, 0.05) is 5.56 Å². The van der Waals surface area contributed by atoms with Crippen LogP contribution in [0.2, 0.25) is 0 Å². The molecule has 0 atom stereocenters. The first kappa shape index (κ1) is 13.3. The largest absolute Gasteiger partial charge is 0.493 e. The predicted molar refractivity (Wildman–Crippen MR) is 67.8 cm³/mol. The molecular weight excluding hydrogens is 280 g/mol. The Bertz CT molecular complexity index is 605. The lowest BCUT2D eigenvalue weighted by Crippen LogP contribution is -2.20. The number of ketones is 1. The van der Waals surface area contributed by atoms with Crippen molar-refractivity contribution in [3.63, 3.8) is 0 Å². The van der Waals surface area contributed by atoms with E-state index in [9.17, 15) is 9.59 Å². The topological polar surface area (TPSA) is 80.3 Å². The van der Waals surface area contributed by atoms with Crippen molar-refractivity contribution in [1.29, 1.82) is 0 Å². The number of rotatable bonds is 4. The van der Waals surface area contributed by atoms with E-state index < -0.39 is 5.97 Å². The van der Waals surface area contributed by atoms with Crippen LogP contribution in [-0.2, 0) is 19.0 Å². The first-order valence-corrected chi connectivity index (χ1v) is 6.28. The van der Waals surface area contributed by atoms with Crippen molar-refractivity contribution in [2.45, 2.75) is 0 Å². The van der Waals surface area contributed by atoms with E-state index in [2.05, 4.69) is 0 Å². The molecule has 0 saturated carbocycles. The van der Waals surface area contributed by atoms with Crippen LogP contribution in [0.4, 0.5) is 0 Å². The van der Waals surface area contributed by atoms with E-state index in [4.69, 9.17) is 23.7 Å².